The summed E-state index contributed by atoms with van der Waals surface area (Å²) in [5.41, 5.74) is 2.89. The molecule has 0 aliphatic carbocycles. The molecule has 4 rings (SSSR count). The van der Waals surface area contributed by atoms with E-state index in [-0.39, 0.29) is 11.7 Å². The van der Waals surface area contributed by atoms with Gasteiger partial charge in [-0.15, -0.1) is 0 Å². The van der Waals surface area contributed by atoms with Crippen LogP contribution < -0.4 is 9.47 Å². The number of hydrogen-bond acceptors (Lipinski definition) is 5. The normalized spacial score (nSPS) is 14.5. The predicted octanol–water partition coefficient (Wildman–Crippen LogP) is 3.19. The van der Waals surface area contributed by atoms with E-state index >= 15 is 0 Å². The zero-order valence-electron chi connectivity index (χ0n) is 17.6. The highest BCUT2D eigenvalue weighted by Gasteiger charge is 2.24. The van der Waals surface area contributed by atoms with Crippen LogP contribution in [0.15, 0.2) is 48.5 Å². The highest BCUT2D eigenvalue weighted by atomic mass is 19.1. The molecule has 1 saturated heterocycles. The number of rotatable bonds is 6. The Hall–Kier alpha value is -3.39. The number of amides is 1. The van der Waals surface area contributed by atoms with Crippen LogP contribution in [-0.2, 0) is 6.54 Å². The van der Waals surface area contributed by atoms with Crippen LogP contribution in [0, 0.1) is 5.82 Å². The van der Waals surface area contributed by atoms with Crippen molar-refractivity contribution in [3.8, 4) is 22.8 Å². The van der Waals surface area contributed by atoms with Crippen molar-refractivity contribution in [2.24, 2.45) is 0 Å². The maximum absolute atomic E-state index is 13.6. The summed E-state index contributed by atoms with van der Waals surface area (Å²) < 4.78 is 24.1. The zero-order chi connectivity index (χ0) is 21.8. The molecule has 7 nitrogen and oxygen atoms in total. The molecule has 0 unspecified atom stereocenters. The second kappa shape index (κ2) is 9.18. The van der Waals surface area contributed by atoms with Gasteiger partial charge in [-0.25, -0.2) is 4.39 Å². The smallest absolute Gasteiger partial charge is 0.271 e. The van der Waals surface area contributed by atoms with Gasteiger partial charge in [-0.1, -0.05) is 0 Å². The number of carbonyl (C=O) groups is 1. The molecular formula is C23H25FN4O3. The molecule has 0 radical (unpaired) electrons. The van der Waals surface area contributed by atoms with Gasteiger partial charge in [0.25, 0.3) is 5.91 Å². The first kappa shape index (κ1) is 20.9. The topological polar surface area (TPSA) is 70.7 Å². The van der Waals surface area contributed by atoms with E-state index in [9.17, 15) is 9.18 Å². The second-order valence-electron chi connectivity index (χ2n) is 7.42. The lowest BCUT2D eigenvalue weighted by atomic mass is 10.1. The Morgan fingerprint density at radius 1 is 1.03 bits per heavy atom. The average molecular weight is 424 g/mol. The van der Waals surface area contributed by atoms with Crippen LogP contribution in [0.3, 0.4) is 0 Å². The van der Waals surface area contributed by atoms with Gasteiger partial charge >= 0.3 is 0 Å². The van der Waals surface area contributed by atoms with Crippen LogP contribution >= 0.6 is 0 Å². The standard InChI is InChI=1S/C23H25FN4O3/c1-30-19-6-3-16(4-7-19)20-14-21(26-25-20)23(29)28-11-9-27(10-12-28)15-17-13-18(24)5-8-22(17)31-2/h3-8,13-14H,9-12,15H2,1-2H3,(H,25,26). The lowest BCUT2D eigenvalue weighted by Crippen LogP contribution is -2.48. The van der Waals surface area contributed by atoms with Gasteiger partial charge in [0.05, 0.1) is 19.9 Å². The number of benzene rings is 2. The number of nitrogens with zero attached hydrogens (tertiary/aromatic N) is 3. The first-order chi connectivity index (χ1) is 15.1. The van der Waals surface area contributed by atoms with E-state index in [0.717, 1.165) is 16.9 Å². The molecule has 2 aromatic carbocycles. The van der Waals surface area contributed by atoms with E-state index in [1.807, 2.05) is 29.2 Å². The molecule has 1 aromatic heterocycles. The van der Waals surface area contributed by atoms with Crippen LogP contribution in [0.4, 0.5) is 4.39 Å². The number of hydrogen-bond donors (Lipinski definition) is 1. The number of methoxy groups -OCH3 is 2. The minimum Gasteiger partial charge on any atom is -0.497 e. The summed E-state index contributed by atoms with van der Waals surface area (Å²) in [6.07, 6.45) is 0. The average Bonchev–Trinajstić information content (AvgIpc) is 3.30. The van der Waals surface area contributed by atoms with Crippen molar-refractivity contribution in [3.63, 3.8) is 0 Å². The van der Waals surface area contributed by atoms with Crippen molar-refractivity contribution in [1.82, 2.24) is 20.0 Å². The van der Waals surface area contributed by atoms with Crippen LogP contribution in [0.25, 0.3) is 11.3 Å². The Morgan fingerprint density at radius 2 is 1.77 bits per heavy atom. The van der Waals surface area contributed by atoms with E-state index in [2.05, 4.69) is 15.1 Å². The monoisotopic (exact) mass is 424 g/mol. The van der Waals surface area contributed by atoms with E-state index in [4.69, 9.17) is 9.47 Å². The van der Waals surface area contributed by atoms with E-state index < -0.39 is 0 Å². The molecule has 0 saturated carbocycles. The summed E-state index contributed by atoms with van der Waals surface area (Å²) in [5, 5.41) is 7.14. The first-order valence-electron chi connectivity index (χ1n) is 10.1. The number of piperazine rings is 1. The van der Waals surface area contributed by atoms with Gasteiger partial charge in [0.2, 0.25) is 0 Å². The number of halogens is 1. The largest absolute Gasteiger partial charge is 0.497 e. The molecule has 162 valence electrons. The summed E-state index contributed by atoms with van der Waals surface area (Å²) >= 11 is 0. The highest BCUT2D eigenvalue weighted by Crippen LogP contribution is 2.23. The first-order valence-corrected chi connectivity index (χ1v) is 10.1. The fraction of sp³-hybridized carbons (Fsp3) is 0.304. The number of H-pyrrole nitrogens is 1. The Kier molecular flexibility index (Phi) is 6.18. The van der Waals surface area contributed by atoms with Gasteiger partial charge in [-0.3, -0.25) is 14.8 Å². The third-order valence-corrected chi connectivity index (χ3v) is 5.49. The number of aromatic nitrogens is 2. The SMILES string of the molecule is COc1ccc(-c2cc(C(=O)N3CCN(Cc4cc(F)ccc4OC)CC3)[nH]n2)cc1. The lowest BCUT2D eigenvalue weighted by Gasteiger charge is -2.34. The molecule has 0 atom stereocenters. The highest BCUT2D eigenvalue weighted by molar-refractivity contribution is 5.93. The van der Waals surface area contributed by atoms with Crippen LogP contribution in [0.1, 0.15) is 16.1 Å². The summed E-state index contributed by atoms with van der Waals surface area (Å²) in [4.78, 5) is 16.9. The van der Waals surface area contributed by atoms with Crippen molar-refractivity contribution < 1.29 is 18.7 Å². The van der Waals surface area contributed by atoms with Crippen LogP contribution in [0.2, 0.25) is 0 Å². The summed E-state index contributed by atoms with van der Waals surface area (Å²) in [6, 6.07) is 13.8. The minimum atomic E-state index is -0.281. The molecule has 31 heavy (non-hydrogen) atoms. The molecule has 0 spiro atoms. The molecule has 8 heteroatoms. The van der Waals surface area contributed by atoms with E-state index in [1.165, 1.54) is 12.1 Å². The molecule has 1 fully saturated rings. The van der Waals surface area contributed by atoms with Crippen molar-refractivity contribution in [2.45, 2.75) is 6.54 Å². The number of nitrogens with one attached hydrogen (secondary N) is 1. The molecular weight excluding hydrogens is 399 g/mol. The summed E-state index contributed by atoms with van der Waals surface area (Å²) in [5.74, 6) is 1.08. The van der Waals surface area contributed by atoms with Crippen molar-refractivity contribution in [3.05, 3.63) is 65.6 Å². The maximum atomic E-state index is 13.6. The van der Waals surface area contributed by atoms with E-state index in [0.29, 0.717) is 49.9 Å². The second-order valence-corrected chi connectivity index (χ2v) is 7.42. The van der Waals surface area contributed by atoms with Gasteiger partial charge in [0.15, 0.2) is 0 Å². The zero-order valence-corrected chi connectivity index (χ0v) is 17.6. The summed E-state index contributed by atoms with van der Waals surface area (Å²) in [7, 11) is 3.20. The van der Waals surface area contributed by atoms with Gasteiger partial charge in [-0.2, -0.15) is 5.10 Å². The molecule has 0 bridgehead atoms. The van der Waals surface area contributed by atoms with Gasteiger partial charge < -0.3 is 14.4 Å². The fourth-order valence-corrected chi connectivity index (χ4v) is 3.73. The van der Waals surface area contributed by atoms with E-state index in [1.54, 1.807) is 26.4 Å². The predicted molar refractivity (Wildman–Crippen MR) is 115 cm³/mol. The van der Waals surface area contributed by atoms with Crippen molar-refractivity contribution >= 4 is 5.91 Å². The van der Waals surface area contributed by atoms with Crippen molar-refractivity contribution in [1.29, 1.82) is 0 Å². The number of aromatic amines is 1. The van der Waals surface area contributed by atoms with Crippen LogP contribution in [-0.4, -0.2) is 66.3 Å². The Labute approximate surface area is 180 Å². The van der Waals surface area contributed by atoms with Gasteiger partial charge in [0, 0.05) is 43.9 Å². The third kappa shape index (κ3) is 4.69. The Balaban J connectivity index is 1.36. The number of ether oxygens (including phenoxy) is 2. The molecule has 1 amide bonds. The minimum absolute atomic E-state index is 0.0738. The Bertz CT molecular complexity index is 1040. The van der Waals surface area contributed by atoms with Crippen LogP contribution in [0.5, 0.6) is 11.5 Å². The van der Waals surface area contributed by atoms with Crippen molar-refractivity contribution in [2.75, 3.05) is 40.4 Å². The Morgan fingerprint density at radius 3 is 2.45 bits per heavy atom. The number of carbonyl (C=O) groups excluding carboxylic acids is 1. The quantitative estimate of drug-likeness (QED) is 0.658. The molecule has 1 aliphatic rings. The molecule has 1 N–H and O–H groups in total. The maximum Gasteiger partial charge on any atom is 0.271 e. The summed E-state index contributed by atoms with van der Waals surface area (Å²) in [6.45, 7) is 3.16. The van der Waals surface area contributed by atoms with Gasteiger partial charge in [0.1, 0.15) is 23.0 Å². The third-order valence-electron chi connectivity index (χ3n) is 5.49. The fourth-order valence-electron chi connectivity index (χ4n) is 3.73. The molecule has 1 aliphatic heterocycles. The molecule has 2 heterocycles. The lowest BCUT2D eigenvalue weighted by molar-refractivity contribution is 0.0621. The molecule has 3 aromatic rings. The van der Waals surface area contributed by atoms with Gasteiger partial charge in [-0.05, 0) is 48.5 Å².